The summed E-state index contributed by atoms with van der Waals surface area (Å²) >= 11 is 3.50. The molecule has 1 fully saturated rings. The minimum Gasteiger partial charge on any atom is -0.388 e. The van der Waals surface area contributed by atoms with Crippen molar-refractivity contribution in [3.8, 4) is 0 Å². The number of sulfone groups is 1. The summed E-state index contributed by atoms with van der Waals surface area (Å²) in [6, 6.07) is 11.6. The van der Waals surface area contributed by atoms with Crippen LogP contribution in [0.3, 0.4) is 0 Å². The molecule has 5 heteroatoms. The number of fused-ring (bicyclic) bond motifs is 1. The molecule has 1 heterocycles. The van der Waals surface area contributed by atoms with Crippen LogP contribution in [-0.4, -0.2) is 25.0 Å². The van der Waals surface area contributed by atoms with Gasteiger partial charge in [0.25, 0.3) is 0 Å². The lowest BCUT2D eigenvalue weighted by molar-refractivity contribution is 0.122. The topological polar surface area (TPSA) is 54.4 Å². The number of aliphatic hydroxyl groups is 1. The molecular weight excluding hydrogens is 340 g/mol. The van der Waals surface area contributed by atoms with Crippen LogP contribution in [0.25, 0.3) is 10.8 Å². The fourth-order valence-electron chi connectivity index (χ4n) is 2.87. The van der Waals surface area contributed by atoms with E-state index in [-0.39, 0.29) is 17.4 Å². The van der Waals surface area contributed by atoms with Crippen LogP contribution >= 0.6 is 15.9 Å². The summed E-state index contributed by atoms with van der Waals surface area (Å²) in [7, 11) is -2.98. The van der Waals surface area contributed by atoms with E-state index in [1.807, 2.05) is 36.4 Å². The third kappa shape index (κ3) is 2.50. The van der Waals surface area contributed by atoms with Gasteiger partial charge in [-0.2, -0.15) is 0 Å². The molecule has 1 aliphatic rings. The van der Waals surface area contributed by atoms with Gasteiger partial charge >= 0.3 is 0 Å². The largest absolute Gasteiger partial charge is 0.388 e. The molecular formula is C15H15BrO3S. The van der Waals surface area contributed by atoms with E-state index >= 15 is 0 Å². The van der Waals surface area contributed by atoms with Crippen molar-refractivity contribution in [3.63, 3.8) is 0 Å². The minimum absolute atomic E-state index is 0.0819. The first-order chi connectivity index (χ1) is 9.48. The van der Waals surface area contributed by atoms with E-state index in [0.29, 0.717) is 6.42 Å². The smallest absolute Gasteiger partial charge is 0.150 e. The molecule has 0 radical (unpaired) electrons. The predicted octanol–water partition coefficient (Wildman–Crippen LogP) is 3.07. The number of halogens is 1. The molecule has 0 saturated carbocycles. The second-order valence-corrected chi connectivity index (χ2v) is 8.37. The van der Waals surface area contributed by atoms with Crippen LogP contribution in [0.15, 0.2) is 40.9 Å². The van der Waals surface area contributed by atoms with Crippen molar-refractivity contribution in [2.45, 2.75) is 12.5 Å². The summed E-state index contributed by atoms with van der Waals surface area (Å²) < 4.78 is 24.1. The summed E-state index contributed by atoms with van der Waals surface area (Å²) in [6.07, 6.45) is -0.196. The Balaban J connectivity index is 2.04. The standard InChI is InChI=1S/C15H15BrO3S/c16-14-6-5-13(11-3-1-2-4-12(11)14)15(17)10-7-8-20(18,19)9-10/h1-6,10,15,17H,7-9H2. The molecule has 0 spiro atoms. The monoisotopic (exact) mass is 354 g/mol. The Labute approximate surface area is 126 Å². The van der Waals surface area contributed by atoms with Crippen molar-refractivity contribution in [1.29, 1.82) is 0 Å². The number of hydrogen-bond acceptors (Lipinski definition) is 3. The maximum atomic E-state index is 11.6. The van der Waals surface area contributed by atoms with Crippen LogP contribution in [0.4, 0.5) is 0 Å². The van der Waals surface area contributed by atoms with Crippen LogP contribution < -0.4 is 0 Å². The third-order valence-electron chi connectivity index (χ3n) is 3.94. The zero-order valence-electron chi connectivity index (χ0n) is 10.8. The lowest BCUT2D eigenvalue weighted by Crippen LogP contribution is -2.14. The Kier molecular flexibility index (Phi) is 3.60. The van der Waals surface area contributed by atoms with Crippen LogP contribution in [0.2, 0.25) is 0 Å². The highest BCUT2D eigenvalue weighted by atomic mass is 79.9. The van der Waals surface area contributed by atoms with E-state index in [4.69, 9.17) is 0 Å². The van der Waals surface area contributed by atoms with E-state index in [2.05, 4.69) is 15.9 Å². The number of hydrogen-bond donors (Lipinski definition) is 1. The van der Waals surface area contributed by atoms with Crippen molar-refractivity contribution in [2.24, 2.45) is 5.92 Å². The minimum atomic E-state index is -2.98. The molecule has 1 saturated heterocycles. The van der Waals surface area contributed by atoms with Crippen molar-refractivity contribution in [3.05, 3.63) is 46.4 Å². The summed E-state index contributed by atoms with van der Waals surface area (Å²) in [4.78, 5) is 0. The maximum Gasteiger partial charge on any atom is 0.150 e. The predicted molar refractivity (Wildman–Crippen MR) is 83.4 cm³/mol. The average molecular weight is 355 g/mol. The SMILES string of the molecule is O=S1(=O)CCC(C(O)c2ccc(Br)c3ccccc23)C1. The molecule has 2 atom stereocenters. The van der Waals surface area contributed by atoms with Crippen molar-refractivity contribution in [2.75, 3.05) is 11.5 Å². The molecule has 2 aromatic carbocycles. The third-order valence-corrected chi connectivity index (χ3v) is 6.42. The lowest BCUT2D eigenvalue weighted by Gasteiger charge is -2.19. The fraction of sp³-hybridized carbons (Fsp3) is 0.333. The highest BCUT2D eigenvalue weighted by Gasteiger charge is 2.34. The van der Waals surface area contributed by atoms with Gasteiger partial charge in [-0.1, -0.05) is 46.3 Å². The van der Waals surface area contributed by atoms with Gasteiger partial charge in [0.2, 0.25) is 0 Å². The van der Waals surface area contributed by atoms with Gasteiger partial charge in [-0.05, 0) is 28.8 Å². The van der Waals surface area contributed by atoms with E-state index < -0.39 is 15.9 Å². The molecule has 0 aromatic heterocycles. The number of aliphatic hydroxyl groups excluding tert-OH is 1. The zero-order valence-corrected chi connectivity index (χ0v) is 13.2. The molecule has 20 heavy (non-hydrogen) atoms. The van der Waals surface area contributed by atoms with Crippen molar-refractivity contribution >= 4 is 36.5 Å². The van der Waals surface area contributed by atoms with Gasteiger partial charge in [-0.3, -0.25) is 0 Å². The van der Waals surface area contributed by atoms with Gasteiger partial charge in [-0.25, -0.2) is 8.42 Å². The van der Waals surface area contributed by atoms with Gasteiger partial charge in [0.1, 0.15) is 0 Å². The van der Waals surface area contributed by atoms with Gasteiger partial charge in [0, 0.05) is 10.4 Å². The Morgan fingerprint density at radius 3 is 2.50 bits per heavy atom. The molecule has 2 unspecified atom stereocenters. The van der Waals surface area contributed by atoms with Crippen LogP contribution in [0, 0.1) is 5.92 Å². The molecule has 1 aliphatic heterocycles. The first-order valence-corrected chi connectivity index (χ1v) is 9.15. The Morgan fingerprint density at radius 2 is 1.85 bits per heavy atom. The molecule has 3 rings (SSSR count). The normalized spacial score (nSPS) is 23.0. The van der Waals surface area contributed by atoms with Crippen LogP contribution in [0.1, 0.15) is 18.1 Å². The maximum absolute atomic E-state index is 11.6. The van der Waals surface area contributed by atoms with E-state index in [9.17, 15) is 13.5 Å². The number of benzene rings is 2. The van der Waals surface area contributed by atoms with Gasteiger partial charge in [-0.15, -0.1) is 0 Å². The lowest BCUT2D eigenvalue weighted by atomic mass is 9.91. The Hall–Kier alpha value is -0.910. The quantitative estimate of drug-likeness (QED) is 0.901. The summed E-state index contributed by atoms with van der Waals surface area (Å²) in [5.74, 6) is 0.0615. The molecule has 0 amide bonds. The van der Waals surface area contributed by atoms with E-state index in [1.54, 1.807) is 0 Å². The molecule has 106 valence electrons. The summed E-state index contributed by atoms with van der Waals surface area (Å²) in [6.45, 7) is 0. The zero-order chi connectivity index (χ0) is 14.3. The average Bonchev–Trinajstić information content (AvgIpc) is 2.79. The Morgan fingerprint density at radius 1 is 1.15 bits per heavy atom. The fourth-order valence-corrected chi connectivity index (χ4v) is 5.18. The van der Waals surface area contributed by atoms with Gasteiger partial charge in [0.15, 0.2) is 9.84 Å². The number of rotatable bonds is 2. The van der Waals surface area contributed by atoms with Crippen LogP contribution in [0.5, 0.6) is 0 Å². The van der Waals surface area contributed by atoms with Crippen LogP contribution in [-0.2, 0) is 9.84 Å². The van der Waals surface area contributed by atoms with Gasteiger partial charge < -0.3 is 5.11 Å². The van der Waals surface area contributed by atoms with Crippen molar-refractivity contribution < 1.29 is 13.5 Å². The first kappa shape index (κ1) is 14.0. The molecule has 2 aromatic rings. The first-order valence-electron chi connectivity index (χ1n) is 6.53. The molecule has 0 bridgehead atoms. The van der Waals surface area contributed by atoms with E-state index in [1.165, 1.54) is 0 Å². The van der Waals surface area contributed by atoms with Gasteiger partial charge in [0.05, 0.1) is 17.6 Å². The molecule has 1 N–H and O–H groups in total. The molecule has 0 aliphatic carbocycles. The highest BCUT2D eigenvalue weighted by Crippen LogP contribution is 2.36. The highest BCUT2D eigenvalue weighted by molar-refractivity contribution is 9.10. The second-order valence-electron chi connectivity index (χ2n) is 5.29. The summed E-state index contributed by atoms with van der Waals surface area (Å²) in [5, 5.41) is 12.6. The summed E-state index contributed by atoms with van der Waals surface area (Å²) in [5.41, 5.74) is 0.811. The Bertz CT molecular complexity index is 755. The molecule has 3 nitrogen and oxygen atoms in total. The van der Waals surface area contributed by atoms with E-state index in [0.717, 1.165) is 20.8 Å². The van der Waals surface area contributed by atoms with Crippen molar-refractivity contribution in [1.82, 2.24) is 0 Å². The second kappa shape index (κ2) is 5.13.